The Morgan fingerprint density at radius 1 is 1.00 bits per heavy atom. The summed E-state index contributed by atoms with van der Waals surface area (Å²) in [4.78, 5) is 0. The zero-order valence-corrected chi connectivity index (χ0v) is 12.7. The summed E-state index contributed by atoms with van der Waals surface area (Å²) >= 11 is 6.03. The molecule has 0 saturated heterocycles. The second-order valence-electron chi connectivity index (χ2n) is 5.15. The lowest BCUT2D eigenvalue weighted by molar-refractivity contribution is 0.295. The lowest BCUT2D eigenvalue weighted by atomic mass is 9.96. The summed E-state index contributed by atoms with van der Waals surface area (Å²) in [5.41, 5.74) is 1.13. The minimum absolute atomic E-state index is 0.197. The van der Waals surface area contributed by atoms with Gasteiger partial charge < -0.3 is 4.74 Å². The van der Waals surface area contributed by atoms with Gasteiger partial charge in [0, 0.05) is 5.88 Å². The highest BCUT2D eigenvalue weighted by atomic mass is 35.5. The summed E-state index contributed by atoms with van der Waals surface area (Å²) in [6, 6.07) is 16.5. The number of para-hydroxylation sites is 1. The Morgan fingerprint density at radius 3 is 2.38 bits per heavy atom. The standard InChI is InChI=1S/C18H20ClFO/c19-14-16(13-15-8-10-17(20)11-9-15)5-4-12-21-18-6-2-1-3-7-18/h1-3,6-11,16H,4-5,12-14H2. The molecule has 0 amide bonds. The van der Waals surface area contributed by atoms with Crippen molar-refractivity contribution in [2.24, 2.45) is 5.92 Å². The molecule has 0 N–H and O–H groups in total. The fraction of sp³-hybridized carbons (Fsp3) is 0.333. The number of alkyl halides is 1. The summed E-state index contributed by atoms with van der Waals surface area (Å²) in [5.74, 6) is 1.72. The molecule has 0 bridgehead atoms. The summed E-state index contributed by atoms with van der Waals surface area (Å²) < 4.78 is 18.5. The highest BCUT2D eigenvalue weighted by molar-refractivity contribution is 6.18. The smallest absolute Gasteiger partial charge is 0.123 e. The van der Waals surface area contributed by atoms with E-state index >= 15 is 0 Å². The van der Waals surface area contributed by atoms with Crippen LogP contribution in [0.2, 0.25) is 0 Å². The van der Waals surface area contributed by atoms with Gasteiger partial charge in [-0.1, -0.05) is 30.3 Å². The first-order chi connectivity index (χ1) is 10.3. The number of rotatable bonds is 8. The fourth-order valence-electron chi connectivity index (χ4n) is 2.27. The molecule has 0 saturated carbocycles. The van der Waals surface area contributed by atoms with Gasteiger partial charge in [0.2, 0.25) is 0 Å². The molecule has 0 heterocycles. The number of ether oxygens (including phenoxy) is 1. The second kappa shape index (κ2) is 8.68. The Labute approximate surface area is 130 Å². The third-order valence-electron chi connectivity index (χ3n) is 3.42. The summed E-state index contributed by atoms with van der Waals surface area (Å²) in [7, 11) is 0. The fourth-order valence-corrected chi connectivity index (χ4v) is 2.53. The molecule has 0 radical (unpaired) electrons. The van der Waals surface area contributed by atoms with Crippen LogP contribution >= 0.6 is 11.6 Å². The van der Waals surface area contributed by atoms with Crippen LogP contribution in [0.25, 0.3) is 0 Å². The van der Waals surface area contributed by atoms with Crippen molar-refractivity contribution in [3.63, 3.8) is 0 Å². The zero-order chi connectivity index (χ0) is 14.9. The van der Waals surface area contributed by atoms with E-state index in [0.717, 1.165) is 30.6 Å². The molecular formula is C18H20ClFO. The van der Waals surface area contributed by atoms with Crippen molar-refractivity contribution in [2.75, 3.05) is 12.5 Å². The molecule has 0 aliphatic carbocycles. The number of benzene rings is 2. The first kappa shape index (κ1) is 15.8. The van der Waals surface area contributed by atoms with Crippen LogP contribution in [0.5, 0.6) is 5.75 Å². The quantitative estimate of drug-likeness (QED) is 0.488. The van der Waals surface area contributed by atoms with Gasteiger partial charge in [0.1, 0.15) is 11.6 Å². The van der Waals surface area contributed by atoms with E-state index in [1.807, 2.05) is 42.5 Å². The van der Waals surface area contributed by atoms with Crippen molar-refractivity contribution in [1.29, 1.82) is 0 Å². The molecule has 2 rings (SSSR count). The van der Waals surface area contributed by atoms with E-state index in [9.17, 15) is 4.39 Å². The second-order valence-corrected chi connectivity index (χ2v) is 5.46. The molecule has 1 nitrogen and oxygen atoms in total. The highest BCUT2D eigenvalue weighted by Gasteiger charge is 2.09. The molecule has 0 aliphatic heterocycles. The van der Waals surface area contributed by atoms with E-state index in [0.29, 0.717) is 18.4 Å². The van der Waals surface area contributed by atoms with Crippen LogP contribution in [-0.2, 0) is 6.42 Å². The number of halogens is 2. The molecule has 2 aromatic carbocycles. The normalized spacial score (nSPS) is 12.1. The third kappa shape index (κ3) is 5.76. The number of hydrogen-bond donors (Lipinski definition) is 0. The van der Waals surface area contributed by atoms with Gasteiger partial charge in [-0.25, -0.2) is 4.39 Å². The Kier molecular flexibility index (Phi) is 6.55. The minimum atomic E-state index is -0.197. The van der Waals surface area contributed by atoms with Crippen molar-refractivity contribution < 1.29 is 9.13 Å². The van der Waals surface area contributed by atoms with Crippen molar-refractivity contribution >= 4 is 11.6 Å². The third-order valence-corrected chi connectivity index (χ3v) is 3.86. The molecule has 0 spiro atoms. The van der Waals surface area contributed by atoms with Crippen molar-refractivity contribution in [3.8, 4) is 5.75 Å². The van der Waals surface area contributed by atoms with Crippen molar-refractivity contribution in [2.45, 2.75) is 19.3 Å². The first-order valence-electron chi connectivity index (χ1n) is 7.26. The Bertz CT molecular complexity index is 513. The van der Waals surface area contributed by atoms with E-state index in [2.05, 4.69) is 0 Å². The Hall–Kier alpha value is -1.54. The van der Waals surface area contributed by atoms with Crippen LogP contribution in [0.4, 0.5) is 4.39 Å². The molecular weight excluding hydrogens is 287 g/mol. The predicted octanol–water partition coefficient (Wildman–Crippen LogP) is 5.08. The SMILES string of the molecule is Fc1ccc(CC(CCl)CCCOc2ccccc2)cc1. The van der Waals surface area contributed by atoms with Crippen LogP contribution in [0.1, 0.15) is 18.4 Å². The van der Waals surface area contributed by atoms with Crippen LogP contribution in [0.15, 0.2) is 54.6 Å². The van der Waals surface area contributed by atoms with Gasteiger partial charge in [0.15, 0.2) is 0 Å². The van der Waals surface area contributed by atoms with Crippen LogP contribution < -0.4 is 4.74 Å². The van der Waals surface area contributed by atoms with Crippen LogP contribution in [-0.4, -0.2) is 12.5 Å². The maximum atomic E-state index is 12.9. The monoisotopic (exact) mass is 306 g/mol. The molecule has 2 aromatic rings. The van der Waals surface area contributed by atoms with Crippen LogP contribution in [0, 0.1) is 11.7 Å². The predicted molar refractivity (Wildman–Crippen MR) is 85.5 cm³/mol. The van der Waals surface area contributed by atoms with Crippen LogP contribution in [0.3, 0.4) is 0 Å². The lowest BCUT2D eigenvalue weighted by Crippen LogP contribution is -2.09. The topological polar surface area (TPSA) is 9.23 Å². The molecule has 0 aliphatic rings. The molecule has 1 atom stereocenters. The van der Waals surface area contributed by atoms with Gasteiger partial charge in [-0.15, -0.1) is 11.6 Å². The van der Waals surface area contributed by atoms with Gasteiger partial charge in [-0.2, -0.15) is 0 Å². The van der Waals surface area contributed by atoms with E-state index in [1.54, 1.807) is 0 Å². The summed E-state index contributed by atoms with van der Waals surface area (Å²) in [6.45, 7) is 0.695. The molecule has 0 aromatic heterocycles. The van der Waals surface area contributed by atoms with Crippen molar-refractivity contribution in [3.05, 3.63) is 66.0 Å². The molecule has 112 valence electrons. The van der Waals surface area contributed by atoms with Gasteiger partial charge >= 0.3 is 0 Å². The van der Waals surface area contributed by atoms with Gasteiger partial charge in [0.05, 0.1) is 6.61 Å². The minimum Gasteiger partial charge on any atom is -0.494 e. The summed E-state index contributed by atoms with van der Waals surface area (Å²) in [5, 5.41) is 0. The molecule has 3 heteroatoms. The Morgan fingerprint density at radius 2 is 1.71 bits per heavy atom. The van der Waals surface area contributed by atoms with Crippen molar-refractivity contribution in [1.82, 2.24) is 0 Å². The van der Waals surface area contributed by atoms with Gasteiger partial charge in [0.25, 0.3) is 0 Å². The van der Waals surface area contributed by atoms with E-state index in [4.69, 9.17) is 16.3 Å². The Balaban J connectivity index is 1.71. The van der Waals surface area contributed by atoms with E-state index in [1.165, 1.54) is 12.1 Å². The maximum absolute atomic E-state index is 12.9. The number of hydrogen-bond acceptors (Lipinski definition) is 1. The zero-order valence-electron chi connectivity index (χ0n) is 12.0. The van der Waals surface area contributed by atoms with E-state index < -0.39 is 0 Å². The summed E-state index contributed by atoms with van der Waals surface area (Å²) in [6.07, 6.45) is 2.86. The lowest BCUT2D eigenvalue weighted by Gasteiger charge is -2.14. The average molecular weight is 307 g/mol. The van der Waals surface area contributed by atoms with E-state index in [-0.39, 0.29) is 5.82 Å². The first-order valence-corrected chi connectivity index (χ1v) is 7.79. The molecule has 1 unspecified atom stereocenters. The largest absolute Gasteiger partial charge is 0.494 e. The average Bonchev–Trinajstić information content (AvgIpc) is 2.53. The molecule has 0 fully saturated rings. The maximum Gasteiger partial charge on any atom is 0.123 e. The van der Waals surface area contributed by atoms with Gasteiger partial charge in [-0.3, -0.25) is 0 Å². The van der Waals surface area contributed by atoms with Gasteiger partial charge in [-0.05, 0) is 55.0 Å². The molecule has 21 heavy (non-hydrogen) atoms. The highest BCUT2D eigenvalue weighted by Crippen LogP contribution is 2.17.